The lowest BCUT2D eigenvalue weighted by Crippen LogP contribution is -2.73. The van der Waals surface area contributed by atoms with Crippen molar-refractivity contribution in [2.45, 2.75) is 19.9 Å². The number of anilines is 1. The second kappa shape index (κ2) is 3.49. The SMILES string of the molecule is CC(C)N1CC2(CN(c3ccccc3)C2)C1. The molecule has 0 bridgehead atoms. The van der Waals surface area contributed by atoms with Gasteiger partial charge in [0.1, 0.15) is 0 Å². The Morgan fingerprint density at radius 2 is 1.62 bits per heavy atom. The fourth-order valence-corrected chi connectivity index (χ4v) is 2.97. The summed E-state index contributed by atoms with van der Waals surface area (Å²) in [6, 6.07) is 11.5. The monoisotopic (exact) mass is 216 g/mol. The van der Waals surface area contributed by atoms with Crippen LogP contribution in [0.3, 0.4) is 0 Å². The predicted octanol–water partition coefficient (Wildman–Crippen LogP) is 2.22. The molecule has 0 aliphatic carbocycles. The van der Waals surface area contributed by atoms with Crippen LogP contribution in [0.4, 0.5) is 5.69 Å². The molecule has 0 unspecified atom stereocenters. The first-order valence-electron chi connectivity index (χ1n) is 6.23. The van der Waals surface area contributed by atoms with Gasteiger partial charge in [0.15, 0.2) is 0 Å². The largest absolute Gasteiger partial charge is 0.370 e. The lowest BCUT2D eigenvalue weighted by Gasteiger charge is -2.62. The van der Waals surface area contributed by atoms with Crippen LogP contribution in [0.15, 0.2) is 30.3 Å². The maximum absolute atomic E-state index is 2.57. The zero-order valence-corrected chi connectivity index (χ0v) is 10.2. The van der Waals surface area contributed by atoms with Gasteiger partial charge in [-0.15, -0.1) is 0 Å². The van der Waals surface area contributed by atoms with Crippen molar-refractivity contribution in [3.63, 3.8) is 0 Å². The van der Waals surface area contributed by atoms with Gasteiger partial charge in [-0.3, -0.25) is 4.90 Å². The molecule has 0 N–H and O–H groups in total. The van der Waals surface area contributed by atoms with Gasteiger partial charge < -0.3 is 4.90 Å². The van der Waals surface area contributed by atoms with E-state index in [9.17, 15) is 0 Å². The summed E-state index contributed by atoms with van der Waals surface area (Å²) in [5, 5.41) is 0. The summed E-state index contributed by atoms with van der Waals surface area (Å²) in [6.45, 7) is 9.68. The number of nitrogens with zero attached hydrogens (tertiary/aromatic N) is 2. The summed E-state index contributed by atoms with van der Waals surface area (Å²) in [4.78, 5) is 5.07. The number of rotatable bonds is 2. The minimum atomic E-state index is 0.625. The van der Waals surface area contributed by atoms with E-state index in [2.05, 4.69) is 54.0 Å². The Morgan fingerprint density at radius 1 is 1.00 bits per heavy atom. The minimum Gasteiger partial charge on any atom is -0.370 e. The molecule has 2 saturated heterocycles. The van der Waals surface area contributed by atoms with Crippen LogP contribution in [0.5, 0.6) is 0 Å². The van der Waals surface area contributed by atoms with Crippen LogP contribution >= 0.6 is 0 Å². The highest BCUT2D eigenvalue weighted by Gasteiger charge is 2.51. The molecule has 2 fully saturated rings. The number of likely N-dealkylation sites (tertiary alicyclic amines) is 1. The quantitative estimate of drug-likeness (QED) is 0.748. The van der Waals surface area contributed by atoms with E-state index in [1.54, 1.807) is 0 Å². The van der Waals surface area contributed by atoms with Crippen molar-refractivity contribution in [1.29, 1.82) is 0 Å². The van der Waals surface area contributed by atoms with E-state index in [0.717, 1.165) is 6.04 Å². The van der Waals surface area contributed by atoms with Crippen molar-refractivity contribution in [3.05, 3.63) is 30.3 Å². The lowest BCUT2D eigenvalue weighted by molar-refractivity contribution is -0.0411. The van der Waals surface area contributed by atoms with E-state index in [1.807, 2.05) is 0 Å². The van der Waals surface area contributed by atoms with E-state index in [0.29, 0.717) is 5.41 Å². The van der Waals surface area contributed by atoms with Crippen molar-refractivity contribution in [2.75, 3.05) is 31.1 Å². The summed E-state index contributed by atoms with van der Waals surface area (Å²) in [5.74, 6) is 0. The standard InChI is InChI=1S/C14H20N2/c1-12(2)15-8-14(9-15)10-16(11-14)13-6-4-3-5-7-13/h3-7,12H,8-11H2,1-2H3. The highest BCUT2D eigenvalue weighted by atomic mass is 15.3. The van der Waals surface area contributed by atoms with Crippen LogP contribution in [0, 0.1) is 5.41 Å². The smallest absolute Gasteiger partial charge is 0.0366 e. The molecule has 2 heterocycles. The molecule has 2 aliphatic heterocycles. The normalized spacial score (nSPS) is 23.3. The van der Waals surface area contributed by atoms with Gasteiger partial charge in [0.25, 0.3) is 0 Å². The fourth-order valence-electron chi connectivity index (χ4n) is 2.97. The third-order valence-electron chi connectivity index (χ3n) is 3.98. The van der Waals surface area contributed by atoms with E-state index in [4.69, 9.17) is 0 Å². The molecule has 2 aliphatic rings. The zero-order valence-electron chi connectivity index (χ0n) is 10.2. The second-order valence-electron chi connectivity index (χ2n) is 5.69. The number of hydrogen-bond acceptors (Lipinski definition) is 2. The van der Waals surface area contributed by atoms with Gasteiger partial charge >= 0.3 is 0 Å². The molecule has 0 atom stereocenters. The van der Waals surface area contributed by atoms with E-state index in [1.165, 1.54) is 31.9 Å². The van der Waals surface area contributed by atoms with Gasteiger partial charge in [0.2, 0.25) is 0 Å². The van der Waals surface area contributed by atoms with Gasteiger partial charge in [-0.25, -0.2) is 0 Å². The maximum atomic E-state index is 2.57. The molecule has 3 rings (SSSR count). The minimum absolute atomic E-state index is 0.625. The Morgan fingerprint density at radius 3 is 2.19 bits per heavy atom. The molecular formula is C14H20N2. The summed E-state index contributed by atoms with van der Waals surface area (Å²) in [7, 11) is 0. The number of para-hydroxylation sites is 1. The van der Waals surface area contributed by atoms with Crippen LogP contribution in [0.2, 0.25) is 0 Å². The molecule has 0 amide bonds. The molecule has 1 spiro atoms. The van der Waals surface area contributed by atoms with Crippen molar-refractivity contribution >= 4 is 5.69 Å². The van der Waals surface area contributed by atoms with Crippen LogP contribution in [-0.2, 0) is 0 Å². The van der Waals surface area contributed by atoms with Gasteiger partial charge in [0, 0.05) is 43.3 Å². The summed E-state index contributed by atoms with van der Waals surface area (Å²) in [5.41, 5.74) is 2.01. The van der Waals surface area contributed by atoms with Gasteiger partial charge in [-0.1, -0.05) is 18.2 Å². The molecule has 0 saturated carbocycles. The van der Waals surface area contributed by atoms with E-state index < -0.39 is 0 Å². The highest BCUT2D eigenvalue weighted by Crippen LogP contribution is 2.42. The van der Waals surface area contributed by atoms with Gasteiger partial charge in [-0.05, 0) is 26.0 Å². The second-order valence-corrected chi connectivity index (χ2v) is 5.69. The van der Waals surface area contributed by atoms with Crippen LogP contribution < -0.4 is 4.90 Å². The molecule has 1 aromatic rings. The number of benzene rings is 1. The Bertz CT molecular complexity index is 358. The molecule has 0 aromatic heterocycles. The van der Waals surface area contributed by atoms with Crippen molar-refractivity contribution < 1.29 is 0 Å². The van der Waals surface area contributed by atoms with Crippen LogP contribution in [-0.4, -0.2) is 37.1 Å². The Balaban J connectivity index is 1.57. The molecular weight excluding hydrogens is 196 g/mol. The summed E-state index contributed by atoms with van der Waals surface area (Å²) in [6.07, 6.45) is 0. The van der Waals surface area contributed by atoms with Crippen molar-refractivity contribution in [3.8, 4) is 0 Å². The first-order valence-corrected chi connectivity index (χ1v) is 6.23. The molecule has 86 valence electrons. The Hall–Kier alpha value is -1.02. The molecule has 1 aromatic carbocycles. The summed E-state index contributed by atoms with van der Waals surface area (Å²) >= 11 is 0. The van der Waals surface area contributed by atoms with Crippen molar-refractivity contribution in [1.82, 2.24) is 4.90 Å². The lowest BCUT2D eigenvalue weighted by atomic mass is 9.72. The third kappa shape index (κ3) is 1.52. The molecule has 2 heteroatoms. The molecule has 0 radical (unpaired) electrons. The Kier molecular flexibility index (Phi) is 2.21. The van der Waals surface area contributed by atoms with Gasteiger partial charge in [-0.2, -0.15) is 0 Å². The first-order chi connectivity index (χ1) is 7.69. The van der Waals surface area contributed by atoms with Crippen LogP contribution in [0.25, 0.3) is 0 Å². The zero-order chi connectivity index (χ0) is 11.2. The average Bonchev–Trinajstić information content (AvgIpc) is 2.14. The first kappa shape index (κ1) is 10.2. The van der Waals surface area contributed by atoms with E-state index in [-0.39, 0.29) is 0 Å². The predicted molar refractivity (Wildman–Crippen MR) is 67.8 cm³/mol. The molecule has 16 heavy (non-hydrogen) atoms. The average molecular weight is 216 g/mol. The Labute approximate surface area is 97.9 Å². The topological polar surface area (TPSA) is 6.48 Å². The maximum Gasteiger partial charge on any atom is 0.0366 e. The highest BCUT2D eigenvalue weighted by molar-refractivity contribution is 5.50. The third-order valence-corrected chi connectivity index (χ3v) is 3.98. The fraction of sp³-hybridized carbons (Fsp3) is 0.571. The summed E-state index contributed by atoms with van der Waals surface area (Å²) < 4.78 is 0. The molecule has 2 nitrogen and oxygen atoms in total. The van der Waals surface area contributed by atoms with E-state index >= 15 is 0 Å². The van der Waals surface area contributed by atoms with Gasteiger partial charge in [0.05, 0.1) is 0 Å². The number of hydrogen-bond donors (Lipinski definition) is 0. The van der Waals surface area contributed by atoms with Crippen LogP contribution in [0.1, 0.15) is 13.8 Å². The van der Waals surface area contributed by atoms with Crippen molar-refractivity contribution in [2.24, 2.45) is 5.41 Å².